The molecule has 29 heavy (non-hydrogen) atoms. The van der Waals surface area contributed by atoms with Gasteiger partial charge in [0.05, 0.1) is 12.8 Å². The molecule has 0 fully saturated rings. The molecule has 0 aliphatic heterocycles. The lowest BCUT2D eigenvalue weighted by Crippen LogP contribution is -2.18. The molecular weight excluding hydrogens is 404 g/mol. The Labute approximate surface area is 176 Å². The van der Waals surface area contributed by atoms with E-state index in [0.29, 0.717) is 17.5 Å². The summed E-state index contributed by atoms with van der Waals surface area (Å²) < 4.78 is 6.98. The second-order valence-corrected chi connectivity index (χ2v) is 8.16. The lowest BCUT2D eigenvalue weighted by molar-refractivity contribution is 0.415. The summed E-state index contributed by atoms with van der Waals surface area (Å²) in [5, 5.41) is 10.4. The minimum atomic E-state index is -0.182. The molecule has 0 bridgehead atoms. The molecule has 148 valence electrons. The van der Waals surface area contributed by atoms with Crippen LogP contribution in [0.3, 0.4) is 0 Å². The minimum absolute atomic E-state index is 0.182. The number of aryl methyl sites for hydroxylation is 1. The fraction of sp³-hybridized carbons (Fsp3) is 0.190. The van der Waals surface area contributed by atoms with Crippen molar-refractivity contribution < 1.29 is 4.74 Å². The molecule has 2 aromatic carbocycles. The molecule has 0 saturated carbocycles. The predicted octanol–water partition coefficient (Wildman–Crippen LogP) is 4.24. The van der Waals surface area contributed by atoms with Gasteiger partial charge in [-0.25, -0.2) is 14.9 Å². The number of thioether (sulfide) groups is 1. The van der Waals surface area contributed by atoms with Crippen molar-refractivity contribution in [3.05, 3.63) is 81.7 Å². The predicted molar refractivity (Wildman–Crippen MR) is 117 cm³/mol. The Bertz CT molecular complexity index is 1130. The summed E-state index contributed by atoms with van der Waals surface area (Å²) >= 11 is 3.11. The monoisotopic (exact) mass is 424 g/mol. The van der Waals surface area contributed by atoms with Crippen molar-refractivity contribution in [2.75, 3.05) is 7.11 Å². The third-order valence-corrected chi connectivity index (χ3v) is 6.36. The van der Waals surface area contributed by atoms with Crippen LogP contribution in [0.15, 0.2) is 69.9 Å². The number of aromatic amines is 1. The summed E-state index contributed by atoms with van der Waals surface area (Å²) in [7, 11) is 1.66. The Morgan fingerprint density at radius 3 is 2.86 bits per heavy atom. The molecule has 4 rings (SSSR count). The van der Waals surface area contributed by atoms with Gasteiger partial charge in [0.25, 0.3) is 0 Å². The number of benzene rings is 2. The van der Waals surface area contributed by atoms with Gasteiger partial charge in [0.15, 0.2) is 5.16 Å². The molecule has 0 amide bonds. The SMILES string of the molecule is COc1cccc(-c2nc(CSc3n[nH]c(=O)n3CCc3ccccc3)cs2)c1. The zero-order chi connectivity index (χ0) is 20.1. The van der Waals surface area contributed by atoms with E-state index in [0.717, 1.165) is 28.4 Å². The van der Waals surface area contributed by atoms with E-state index in [4.69, 9.17) is 9.72 Å². The first kappa shape index (κ1) is 19.5. The first-order valence-corrected chi connectivity index (χ1v) is 11.0. The maximum Gasteiger partial charge on any atom is 0.343 e. The molecule has 2 aromatic heterocycles. The number of H-pyrrole nitrogens is 1. The van der Waals surface area contributed by atoms with Crippen molar-refractivity contribution in [3.8, 4) is 16.3 Å². The third-order valence-electron chi connectivity index (χ3n) is 4.41. The Balaban J connectivity index is 1.42. The van der Waals surface area contributed by atoms with Gasteiger partial charge in [0, 0.05) is 23.2 Å². The Hall–Kier alpha value is -2.84. The molecule has 0 saturated heterocycles. The van der Waals surface area contributed by atoms with E-state index < -0.39 is 0 Å². The standard InChI is InChI=1S/C21H20N4O2S2/c1-27-18-9-5-8-16(12-18)19-22-17(13-28-19)14-29-21-24-23-20(26)25(21)11-10-15-6-3-2-4-7-15/h2-9,12-13H,10-11,14H2,1H3,(H,23,26). The zero-order valence-electron chi connectivity index (χ0n) is 15.9. The van der Waals surface area contributed by atoms with Gasteiger partial charge in [-0.15, -0.1) is 16.4 Å². The van der Waals surface area contributed by atoms with Crippen LogP contribution in [0, 0.1) is 0 Å². The van der Waals surface area contributed by atoms with Crippen molar-refractivity contribution in [2.24, 2.45) is 0 Å². The number of aromatic nitrogens is 4. The number of thiazole rings is 1. The quantitative estimate of drug-likeness (QED) is 0.428. The van der Waals surface area contributed by atoms with Crippen LogP contribution in [0.5, 0.6) is 5.75 Å². The zero-order valence-corrected chi connectivity index (χ0v) is 17.5. The summed E-state index contributed by atoms with van der Waals surface area (Å²) in [5.74, 6) is 1.46. The van der Waals surface area contributed by atoms with Crippen LogP contribution in [0.2, 0.25) is 0 Å². The van der Waals surface area contributed by atoms with Crippen molar-refractivity contribution in [2.45, 2.75) is 23.9 Å². The Kier molecular flexibility index (Phi) is 6.12. The Morgan fingerprint density at radius 2 is 2.03 bits per heavy atom. The lowest BCUT2D eigenvalue weighted by Gasteiger charge is -2.05. The molecule has 0 aliphatic rings. The summed E-state index contributed by atoms with van der Waals surface area (Å²) in [4.78, 5) is 16.8. The first-order valence-electron chi connectivity index (χ1n) is 9.13. The molecule has 2 heterocycles. The van der Waals surface area contributed by atoms with E-state index >= 15 is 0 Å². The number of hydrogen-bond acceptors (Lipinski definition) is 6. The average molecular weight is 425 g/mol. The number of nitrogens with one attached hydrogen (secondary N) is 1. The molecule has 8 heteroatoms. The van der Waals surface area contributed by atoms with Gasteiger partial charge < -0.3 is 4.74 Å². The number of ether oxygens (including phenoxy) is 1. The summed E-state index contributed by atoms with van der Waals surface area (Å²) in [6.45, 7) is 0.591. The largest absolute Gasteiger partial charge is 0.497 e. The van der Waals surface area contributed by atoms with Crippen molar-refractivity contribution in [1.29, 1.82) is 0 Å². The number of nitrogens with zero attached hydrogens (tertiary/aromatic N) is 3. The van der Waals surface area contributed by atoms with E-state index in [1.807, 2.05) is 47.8 Å². The molecule has 0 unspecified atom stereocenters. The fourth-order valence-corrected chi connectivity index (χ4v) is 4.68. The van der Waals surface area contributed by atoms with E-state index in [9.17, 15) is 4.79 Å². The van der Waals surface area contributed by atoms with Gasteiger partial charge in [-0.1, -0.05) is 54.2 Å². The molecule has 1 N–H and O–H groups in total. The smallest absolute Gasteiger partial charge is 0.343 e. The molecule has 0 atom stereocenters. The van der Waals surface area contributed by atoms with Gasteiger partial charge in [0.1, 0.15) is 10.8 Å². The lowest BCUT2D eigenvalue weighted by atomic mass is 10.1. The maximum absolute atomic E-state index is 12.1. The van der Waals surface area contributed by atoms with Gasteiger partial charge in [-0.2, -0.15) is 0 Å². The topological polar surface area (TPSA) is 72.8 Å². The summed E-state index contributed by atoms with van der Waals surface area (Å²) in [5.41, 5.74) is 3.01. The van der Waals surface area contributed by atoms with Crippen LogP contribution in [0.25, 0.3) is 10.6 Å². The highest BCUT2D eigenvalue weighted by atomic mass is 32.2. The van der Waals surface area contributed by atoms with Crippen molar-refractivity contribution >= 4 is 23.1 Å². The van der Waals surface area contributed by atoms with E-state index in [2.05, 4.69) is 22.3 Å². The van der Waals surface area contributed by atoms with E-state index in [1.54, 1.807) is 23.0 Å². The van der Waals surface area contributed by atoms with Crippen LogP contribution in [0.1, 0.15) is 11.3 Å². The number of hydrogen-bond donors (Lipinski definition) is 1. The third kappa shape index (κ3) is 4.78. The highest BCUT2D eigenvalue weighted by Gasteiger charge is 2.11. The second-order valence-electron chi connectivity index (χ2n) is 6.36. The molecule has 0 spiro atoms. The molecule has 0 aliphatic carbocycles. The molecular formula is C21H20N4O2S2. The Morgan fingerprint density at radius 1 is 1.17 bits per heavy atom. The average Bonchev–Trinajstić information content (AvgIpc) is 3.38. The molecule has 6 nitrogen and oxygen atoms in total. The number of methoxy groups -OCH3 is 1. The van der Waals surface area contributed by atoms with Crippen LogP contribution >= 0.6 is 23.1 Å². The van der Waals surface area contributed by atoms with Crippen LogP contribution in [-0.2, 0) is 18.7 Å². The van der Waals surface area contributed by atoms with Crippen molar-refractivity contribution in [3.63, 3.8) is 0 Å². The van der Waals surface area contributed by atoms with Crippen molar-refractivity contribution in [1.82, 2.24) is 19.7 Å². The summed E-state index contributed by atoms with van der Waals surface area (Å²) in [6, 6.07) is 18.0. The fourth-order valence-electron chi connectivity index (χ4n) is 2.90. The van der Waals surface area contributed by atoms with E-state index in [1.165, 1.54) is 17.3 Å². The van der Waals surface area contributed by atoms with Crippen LogP contribution in [0.4, 0.5) is 0 Å². The van der Waals surface area contributed by atoms with Gasteiger partial charge in [-0.05, 0) is 24.1 Å². The second kappa shape index (κ2) is 9.11. The normalized spacial score (nSPS) is 10.9. The molecule has 0 radical (unpaired) electrons. The first-order chi connectivity index (χ1) is 14.2. The van der Waals surface area contributed by atoms with Crippen LogP contribution < -0.4 is 10.4 Å². The summed E-state index contributed by atoms with van der Waals surface area (Å²) in [6.07, 6.45) is 0.782. The maximum atomic E-state index is 12.1. The van der Waals surface area contributed by atoms with Gasteiger partial charge in [-0.3, -0.25) is 4.57 Å². The van der Waals surface area contributed by atoms with Crippen LogP contribution in [-0.4, -0.2) is 26.9 Å². The minimum Gasteiger partial charge on any atom is -0.497 e. The van der Waals surface area contributed by atoms with Gasteiger partial charge in [0.2, 0.25) is 0 Å². The number of rotatable bonds is 8. The molecule has 4 aromatic rings. The van der Waals surface area contributed by atoms with Gasteiger partial charge >= 0.3 is 5.69 Å². The van der Waals surface area contributed by atoms with E-state index in [-0.39, 0.29) is 5.69 Å². The highest BCUT2D eigenvalue weighted by molar-refractivity contribution is 7.98. The highest BCUT2D eigenvalue weighted by Crippen LogP contribution is 2.29.